The van der Waals surface area contributed by atoms with Gasteiger partial charge in [-0.05, 0) is 81.3 Å². The third-order valence-electron chi connectivity index (χ3n) is 7.31. The summed E-state index contributed by atoms with van der Waals surface area (Å²) in [6.07, 6.45) is 16.6. The minimum atomic E-state index is -0.680. The Labute approximate surface area is 175 Å². The minimum Gasteiger partial charge on any atom is -0.504 e. The number of aryl methyl sites for hydroxylation is 1. The van der Waals surface area contributed by atoms with Crippen molar-refractivity contribution >= 4 is 5.78 Å². The lowest BCUT2D eigenvalue weighted by Crippen LogP contribution is -2.23. The van der Waals surface area contributed by atoms with Crippen molar-refractivity contribution in [3.8, 4) is 5.75 Å². The van der Waals surface area contributed by atoms with Crippen molar-refractivity contribution in [1.29, 1.82) is 0 Å². The van der Waals surface area contributed by atoms with Gasteiger partial charge in [0.05, 0.1) is 5.56 Å². The van der Waals surface area contributed by atoms with Crippen molar-refractivity contribution < 1.29 is 14.3 Å². The molecule has 1 aromatic rings. The highest BCUT2D eigenvalue weighted by Crippen LogP contribution is 2.41. The monoisotopic (exact) mass is 400 g/mol. The molecule has 0 aliphatic heterocycles. The molecule has 2 aliphatic carbocycles. The molecule has 1 fully saturated rings. The summed E-state index contributed by atoms with van der Waals surface area (Å²) < 4.78 is 13.8. The topological polar surface area (TPSA) is 37.3 Å². The quantitative estimate of drug-likeness (QED) is 0.362. The Bertz CT molecular complexity index is 728. The van der Waals surface area contributed by atoms with E-state index in [9.17, 15) is 14.3 Å². The summed E-state index contributed by atoms with van der Waals surface area (Å²) in [5, 5.41) is 9.89. The van der Waals surface area contributed by atoms with Crippen LogP contribution in [0.3, 0.4) is 0 Å². The van der Waals surface area contributed by atoms with Gasteiger partial charge in [0.15, 0.2) is 17.3 Å². The summed E-state index contributed by atoms with van der Waals surface area (Å²) in [7, 11) is 0. The average molecular weight is 401 g/mol. The van der Waals surface area contributed by atoms with Crippen molar-refractivity contribution in [2.45, 2.75) is 90.9 Å². The molecule has 0 bridgehead atoms. The number of benzene rings is 1. The molecule has 0 heterocycles. The largest absolute Gasteiger partial charge is 0.504 e. The summed E-state index contributed by atoms with van der Waals surface area (Å²) >= 11 is 0. The van der Waals surface area contributed by atoms with E-state index in [1.165, 1.54) is 63.0 Å². The number of halogens is 1. The fraction of sp³-hybridized carbons (Fsp3) is 0.654. The molecule has 2 aliphatic rings. The van der Waals surface area contributed by atoms with Crippen molar-refractivity contribution in [2.24, 2.45) is 17.8 Å². The molecule has 0 saturated heterocycles. The number of carbonyl (C=O) groups is 1. The number of aromatic hydroxyl groups is 1. The SMILES string of the molecule is CCCC1CCC(C2CC=C(CCCC(=O)c3ccc(C)c(F)c3O)CC2)CC1. The molecule has 1 saturated carbocycles. The molecule has 1 aromatic carbocycles. The predicted molar refractivity (Wildman–Crippen MR) is 117 cm³/mol. The zero-order valence-corrected chi connectivity index (χ0v) is 18.2. The molecule has 1 N–H and O–H groups in total. The lowest BCUT2D eigenvalue weighted by atomic mass is 9.70. The van der Waals surface area contributed by atoms with Gasteiger partial charge in [-0.25, -0.2) is 4.39 Å². The molecule has 29 heavy (non-hydrogen) atoms. The third-order valence-corrected chi connectivity index (χ3v) is 7.31. The zero-order chi connectivity index (χ0) is 20.8. The first-order valence-electron chi connectivity index (χ1n) is 11.7. The predicted octanol–water partition coefficient (Wildman–Crippen LogP) is 7.53. The molecule has 160 valence electrons. The summed E-state index contributed by atoms with van der Waals surface area (Å²) in [6, 6.07) is 3.09. The Morgan fingerprint density at radius 2 is 1.90 bits per heavy atom. The van der Waals surface area contributed by atoms with Crippen LogP contribution in [-0.4, -0.2) is 10.9 Å². The number of hydrogen-bond donors (Lipinski definition) is 1. The highest BCUT2D eigenvalue weighted by atomic mass is 19.1. The number of Topliss-reactive ketones (excluding diaryl/α,β-unsaturated/α-hetero) is 1. The van der Waals surface area contributed by atoms with Crippen molar-refractivity contribution in [2.75, 3.05) is 0 Å². The van der Waals surface area contributed by atoms with E-state index in [2.05, 4.69) is 13.0 Å². The van der Waals surface area contributed by atoms with Gasteiger partial charge in [-0.3, -0.25) is 4.79 Å². The fourth-order valence-electron chi connectivity index (χ4n) is 5.42. The van der Waals surface area contributed by atoms with Crippen molar-refractivity contribution in [1.82, 2.24) is 0 Å². The van der Waals surface area contributed by atoms with E-state index in [4.69, 9.17) is 0 Å². The van der Waals surface area contributed by atoms with Gasteiger partial charge < -0.3 is 5.11 Å². The Morgan fingerprint density at radius 1 is 1.14 bits per heavy atom. The van der Waals surface area contributed by atoms with Gasteiger partial charge in [0, 0.05) is 6.42 Å². The number of phenols is 1. The second kappa shape index (κ2) is 10.4. The van der Waals surface area contributed by atoms with Crippen LogP contribution in [0, 0.1) is 30.5 Å². The average Bonchev–Trinajstić information content (AvgIpc) is 2.73. The molecule has 0 spiro atoms. The number of hydrogen-bond acceptors (Lipinski definition) is 2. The number of carbonyl (C=O) groups excluding carboxylic acids is 1. The molecular weight excluding hydrogens is 363 g/mol. The van der Waals surface area contributed by atoms with E-state index >= 15 is 0 Å². The Morgan fingerprint density at radius 3 is 2.55 bits per heavy atom. The summed E-state index contributed by atoms with van der Waals surface area (Å²) in [5.41, 5.74) is 1.96. The summed E-state index contributed by atoms with van der Waals surface area (Å²) in [5.74, 6) is 1.41. The highest BCUT2D eigenvalue weighted by Gasteiger charge is 2.28. The normalized spacial score (nSPS) is 24.9. The van der Waals surface area contributed by atoms with Gasteiger partial charge in [-0.15, -0.1) is 0 Å². The Hall–Kier alpha value is -1.64. The standard InChI is InChI=1S/C26H37FO2/c1-3-5-19-9-13-21(14-10-19)22-15-11-20(12-16-22)6-4-7-24(28)23-17-8-18(2)25(27)26(23)29/h8,11,17,19,21-22,29H,3-7,9-10,12-16H2,1-2H3. The first-order chi connectivity index (χ1) is 14.0. The van der Waals surface area contributed by atoms with Crippen LogP contribution in [0.15, 0.2) is 23.8 Å². The Balaban J connectivity index is 1.41. The second-order valence-electron chi connectivity index (χ2n) is 9.34. The summed E-state index contributed by atoms with van der Waals surface area (Å²) in [4.78, 5) is 12.4. The second-order valence-corrected chi connectivity index (χ2v) is 9.34. The van der Waals surface area contributed by atoms with E-state index in [-0.39, 0.29) is 11.3 Å². The smallest absolute Gasteiger partial charge is 0.168 e. The number of phenolic OH excluding ortho intramolecular Hbond substituents is 1. The van der Waals surface area contributed by atoms with Crippen LogP contribution < -0.4 is 0 Å². The van der Waals surface area contributed by atoms with E-state index in [1.807, 2.05) is 0 Å². The number of rotatable bonds is 8. The molecule has 1 atom stereocenters. The fourth-order valence-corrected chi connectivity index (χ4v) is 5.42. The molecule has 3 heteroatoms. The molecule has 2 nitrogen and oxygen atoms in total. The third kappa shape index (κ3) is 5.71. The van der Waals surface area contributed by atoms with Crippen LogP contribution in [0.5, 0.6) is 5.75 Å². The maximum absolute atomic E-state index is 13.8. The molecule has 0 amide bonds. The van der Waals surface area contributed by atoms with Crippen molar-refractivity contribution in [3.05, 3.63) is 40.7 Å². The van der Waals surface area contributed by atoms with E-state index in [0.717, 1.165) is 37.0 Å². The van der Waals surface area contributed by atoms with Crippen LogP contribution in [0.25, 0.3) is 0 Å². The zero-order valence-electron chi connectivity index (χ0n) is 18.2. The highest BCUT2D eigenvalue weighted by molar-refractivity contribution is 5.98. The maximum Gasteiger partial charge on any atom is 0.168 e. The van der Waals surface area contributed by atoms with E-state index in [0.29, 0.717) is 12.0 Å². The van der Waals surface area contributed by atoms with Crippen LogP contribution >= 0.6 is 0 Å². The van der Waals surface area contributed by atoms with Crippen molar-refractivity contribution in [3.63, 3.8) is 0 Å². The Kier molecular flexibility index (Phi) is 7.91. The van der Waals surface area contributed by atoms with Gasteiger partial charge in [0.25, 0.3) is 0 Å². The van der Waals surface area contributed by atoms with Gasteiger partial charge in [-0.2, -0.15) is 0 Å². The lowest BCUT2D eigenvalue weighted by Gasteiger charge is -2.35. The number of allylic oxidation sites excluding steroid dienone is 2. The summed E-state index contributed by atoms with van der Waals surface area (Å²) in [6.45, 7) is 3.89. The first-order valence-corrected chi connectivity index (χ1v) is 11.7. The first kappa shape index (κ1) is 22.1. The van der Waals surface area contributed by atoms with Crippen LogP contribution in [-0.2, 0) is 0 Å². The van der Waals surface area contributed by atoms with E-state index < -0.39 is 11.6 Å². The molecule has 0 aromatic heterocycles. The van der Waals surface area contributed by atoms with Crippen LogP contribution in [0.2, 0.25) is 0 Å². The lowest BCUT2D eigenvalue weighted by molar-refractivity contribution is 0.0976. The van der Waals surface area contributed by atoms with E-state index in [1.54, 1.807) is 13.0 Å². The van der Waals surface area contributed by atoms with Crippen LogP contribution in [0.1, 0.15) is 99.9 Å². The number of ketones is 1. The van der Waals surface area contributed by atoms with Gasteiger partial charge >= 0.3 is 0 Å². The minimum absolute atomic E-state index is 0.115. The molecule has 3 rings (SSSR count). The molecule has 0 radical (unpaired) electrons. The van der Waals surface area contributed by atoms with Gasteiger partial charge in [0.1, 0.15) is 0 Å². The van der Waals surface area contributed by atoms with Gasteiger partial charge in [0.2, 0.25) is 0 Å². The molecule has 1 unspecified atom stereocenters. The van der Waals surface area contributed by atoms with Crippen LogP contribution in [0.4, 0.5) is 4.39 Å². The molecular formula is C26H37FO2. The van der Waals surface area contributed by atoms with Gasteiger partial charge in [-0.1, -0.05) is 50.3 Å². The maximum atomic E-state index is 13.8.